The topological polar surface area (TPSA) is 24.9 Å². The van der Waals surface area contributed by atoms with Crippen molar-refractivity contribution in [2.45, 2.75) is 38.1 Å². The molecule has 4 aliphatic carbocycles. The normalized spacial score (nSPS) is 37.0. The zero-order valence-corrected chi connectivity index (χ0v) is 12.3. The maximum absolute atomic E-state index is 4.41. The first kappa shape index (κ1) is 12.0. The van der Waals surface area contributed by atoms with Gasteiger partial charge in [0.25, 0.3) is 0 Å². The van der Waals surface area contributed by atoms with Crippen LogP contribution in [0.1, 0.15) is 32.1 Å². The molecule has 0 saturated heterocycles. The van der Waals surface area contributed by atoms with E-state index in [1.165, 1.54) is 43.2 Å². The fourth-order valence-electron chi connectivity index (χ4n) is 5.52. The molecule has 2 heteroatoms. The Balaban J connectivity index is 1.43. The van der Waals surface area contributed by atoms with Gasteiger partial charge in [-0.15, -0.1) is 0 Å². The third kappa shape index (κ3) is 1.96. The van der Waals surface area contributed by atoms with E-state index in [1.54, 1.807) is 0 Å². The monoisotopic (exact) mass is 278 g/mol. The molecular formula is C19H22N2. The molecule has 6 rings (SSSR count). The van der Waals surface area contributed by atoms with Crippen molar-refractivity contribution < 1.29 is 0 Å². The predicted molar refractivity (Wildman–Crippen MR) is 86.2 cm³/mol. The highest BCUT2D eigenvalue weighted by atomic mass is 14.9. The summed E-state index contributed by atoms with van der Waals surface area (Å²) >= 11 is 0. The highest BCUT2D eigenvalue weighted by molar-refractivity contribution is 5.82. The van der Waals surface area contributed by atoms with Gasteiger partial charge in [-0.2, -0.15) is 0 Å². The average molecular weight is 278 g/mol. The van der Waals surface area contributed by atoms with Crippen molar-refractivity contribution in [3.8, 4) is 0 Å². The van der Waals surface area contributed by atoms with Crippen LogP contribution in [0.3, 0.4) is 0 Å². The van der Waals surface area contributed by atoms with E-state index < -0.39 is 0 Å². The quantitative estimate of drug-likeness (QED) is 0.876. The third-order valence-corrected chi connectivity index (χ3v) is 6.16. The number of anilines is 1. The first-order chi connectivity index (χ1) is 10.3. The van der Waals surface area contributed by atoms with Crippen molar-refractivity contribution in [3.05, 3.63) is 36.5 Å². The molecule has 4 saturated carbocycles. The molecule has 0 aliphatic heterocycles. The van der Waals surface area contributed by atoms with Gasteiger partial charge in [0, 0.05) is 23.3 Å². The summed E-state index contributed by atoms with van der Waals surface area (Å²) in [7, 11) is 0. The van der Waals surface area contributed by atoms with Crippen molar-refractivity contribution in [2.75, 3.05) is 5.32 Å². The molecule has 0 unspecified atom stereocenters. The van der Waals surface area contributed by atoms with Gasteiger partial charge < -0.3 is 5.32 Å². The molecule has 4 fully saturated rings. The predicted octanol–water partition coefficient (Wildman–Crippen LogP) is 4.47. The largest absolute Gasteiger partial charge is 0.382 e. The van der Waals surface area contributed by atoms with Crippen LogP contribution in [-0.4, -0.2) is 11.0 Å². The maximum atomic E-state index is 4.41. The van der Waals surface area contributed by atoms with E-state index in [1.807, 2.05) is 12.3 Å². The van der Waals surface area contributed by atoms with Gasteiger partial charge in [0.2, 0.25) is 0 Å². The minimum Gasteiger partial charge on any atom is -0.382 e. The van der Waals surface area contributed by atoms with Crippen LogP contribution in [0.5, 0.6) is 0 Å². The zero-order chi connectivity index (χ0) is 13.8. The first-order valence-corrected chi connectivity index (χ1v) is 8.46. The molecule has 2 nitrogen and oxygen atoms in total. The lowest BCUT2D eigenvalue weighted by Gasteiger charge is -2.54. The smallest absolute Gasteiger partial charge is 0.0703 e. The molecule has 4 aliphatic rings. The summed E-state index contributed by atoms with van der Waals surface area (Å²) in [6.07, 6.45) is 9.29. The molecule has 0 radical (unpaired) electrons. The van der Waals surface area contributed by atoms with Gasteiger partial charge in [0.1, 0.15) is 0 Å². The molecule has 108 valence electrons. The number of benzene rings is 1. The van der Waals surface area contributed by atoms with Gasteiger partial charge in [-0.3, -0.25) is 4.98 Å². The summed E-state index contributed by atoms with van der Waals surface area (Å²) < 4.78 is 0. The van der Waals surface area contributed by atoms with Crippen LogP contribution in [0.15, 0.2) is 36.5 Å². The van der Waals surface area contributed by atoms with Crippen molar-refractivity contribution >= 4 is 16.6 Å². The number of nitrogens with zero attached hydrogens (tertiary/aromatic N) is 1. The number of nitrogens with one attached hydrogen (secondary N) is 1. The molecule has 0 amide bonds. The Bertz CT molecular complexity index is 650. The maximum Gasteiger partial charge on any atom is 0.0703 e. The van der Waals surface area contributed by atoms with Crippen LogP contribution in [-0.2, 0) is 0 Å². The van der Waals surface area contributed by atoms with Crippen LogP contribution in [0.25, 0.3) is 10.9 Å². The lowest BCUT2D eigenvalue weighted by Crippen LogP contribution is -2.51. The summed E-state index contributed by atoms with van der Waals surface area (Å²) in [4.78, 5) is 4.41. The standard InChI is InChI=1S/C19H22N2/c1-2-14-11-17(3-4-18(14)20-5-1)21-19-15-7-12-6-13(9-15)10-16(19)8-12/h1-5,11-13,15-16,19,21H,6-10H2. The average Bonchev–Trinajstić information content (AvgIpc) is 2.50. The van der Waals surface area contributed by atoms with E-state index in [4.69, 9.17) is 0 Å². The molecule has 21 heavy (non-hydrogen) atoms. The van der Waals surface area contributed by atoms with E-state index in [9.17, 15) is 0 Å². The molecule has 4 bridgehead atoms. The Morgan fingerprint density at radius 2 is 1.67 bits per heavy atom. The van der Waals surface area contributed by atoms with Crippen LogP contribution in [0, 0.1) is 23.7 Å². The summed E-state index contributed by atoms with van der Waals surface area (Å²) in [5.41, 5.74) is 2.38. The summed E-state index contributed by atoms with van der Waals surface area (Å²) in [6, 6.07) is 11.5. The summed E-state index contributed by atoms with van der Waals surface area (Å²) in [5, 5.41) is 5.13. The molecular weight excluding hydrogens is 256 g/mol. The number of hydrogen-bond acceptors (Lipinski definition) is 2. The highest BCUT2D eigenvalue weighted by Gasteiger charge is 2.48. The second-order valence-corrected chi connectivity index (χ2v) is 7.51. The number of rotatable bonds is 2. The van der Waals surface area contributed by atoms with Crippen LogP contribution < -0.4 is 5.32 Å². The first-order valence-electron chi connectivity index (χ1n) is 8.46. The molecule has 1 aromatic heterocycles. The van der Waals surface area contributed by atoms with E-state index in [0.717, 1.165) is 29.2 Å². The van der Waals surface area contributed by atoms with Gasteiger partial charge in [0.05, 0.1) is 5.52 Å². The van der Waals surface area contributed by atoms with Gasteiger partial charge in [-0.05, 0) is 80.0 Å². The summed E-state index contributed by atoms with van der Waals surface area (Å²) in [6.45, 7) is 0. The van der Waals surface area contributed by atoms with Crippen molar-refractivity contribution in [1.82, 2.24) is 4.98 Å². The third-order valence-electron chi connectivity index (χ3n) is 6.16. The van der Waals surface area contributed by atoms with Gasteiger partial charge in [-0.25, -0.2) is 0 Å². The molecule has 1 N–H and O–H groups in total. The van der Waals surface area contributed by atoms with E-state index in [0.29, 0.717) is 6.04 Å². The van der Waals surface area contributed by atoms with Gasteiger partial charge in [0.15, 0.2) is 0 Å². The van der Waals surface area contributed by atoms with Crippen LogP contribution >= 0.6 is 0 Å². The zero-order valence-electron chi connectivity index (χ0n) is 12.3. The molecule has 1 aromatic carbocycles. The number of fused-ring (bicyclic) bond motifs is 1. The minimum atomic E-state index is 0.715. The van der Waals surface area contributed by atoms with Crippen LogP contribution in [0.2, 0.25) is 0 Å². The Labute approximate surface area is 126 Å². The Morgan fingerprint density at radius 1 is 0.905 bits per heavy atom. The van der Waals surface area contributed by atoms with Gasteiger partial charge in [-0.1, -0.05) is 6.07 Å². The number of pyridine rings is 1. The second-order valence-electron chi connectivity index (χ2n) is 7.51. The van der Waals surface area contributed by atoms with E-state index in [2.05, 4.69) is 34.6 Å². The minimum absolute atomic E-state index is 0.715. The number of aromatic nitrogens is 1. The lowest BCUT2D eigenvalue weighted by atomic mass is 9.54. The Hall–Kier alpha value is -1.57. The van der Waals surface area contributed by atoms with Gasteiger partial charge >= 0.3 is 0 Å². The SMILES string of the molecule is c1cnc2ccc(NC3C4CC5CC(C4)CC3C5)cc2c1. The fourth-order valence-corrected chi connectivity index (χ4v) is 5.52. The fraction of sp³-hybridized carbons (Fsp3) is 0.526. The van der Waals surface area contributed by atoms with Crippen molar-refractivity contribution in [2.24, 2.45) is 23.7 Å². The second kappa shape index (κ2) is 4.46. The highest BCUT2D eigenvalue weighted by Crippen LogP contribution is 2.54. The van der Waals surface area contributed by atoms with E-state index >= 15 is 0 Å². The molecule has 0 spiro atoms. The summed E-state index contributed by atoms with van der Waals surface area (Å²) in [5.74, 6) is 3.94. The lowest BCUT2D eigenvalue weighted by molar-refractivity contribution is 0.00754. The van der Waals surface area contributed by atoms with Crippen LogP contribution in [0.4, 0.5) is 5.69 Å². The van der Waals surface area contributed by atoms with E-state index in [-0.39, 0.29) is 0 Å². The Kier molecular flexibility index (Phi) is 2.55. The van der Waals surface area contributed by atoms with Crippen molar-refractivity contribution in [1.29, 1.82) is 0 Å². The van der Waals surface area contributed by atoms with Crippen molar-refractivity contribution in [3.63, 3.8) is 0 Å². The molecule has 2 aromatic rings. The Morgan fingerprint density at radius 3 is 2.43 bits per heavy atom. The molecule has 0 atom stereocenters. The number of hydrogen-bond donors (Lipinski definition) is 1. The molecule has 1 heterocycles.